The quantitative estimate of drug-likeness (QED) is 0.466. The molecule has 0 aliphatic carbocycles. The highest BCUT2D eigenvalue weighted by Crippen LogP contribution is 1.84. The summed E-state index contributed by atoms with van der Waals surface area (Å²) in [4.78, 5) is 10.1. The Kier molecular flexibility index (Phi) is 2.27. The van der Waals surface area contributed by atoms with Crippen molar-refractivity contribution in [3.63, 3.8) is 0 Å². The number of carbonyl (C=O) groups is 1. The molecule has 0 aromatic rings. The minimum atomic E-state index is -1.13. The van der Waals surface area contributed by atoms with E-state index in [1.807, 2.05) is 0 Å². The van der Waals surface area contributed by atoms with Gasteiger partial charge in [0.05, 0.1) is 0 Å². The topological polar surface area (TPSA) is 73.7 Å². The van der Waals surface area contributed by atoms with Crippen LogP contribution < -0.4 is 10.7 Å². The van der Waals surface area contributed by atoms with Gasteiger partial charge in [0.15, 0.2) is 5.84 Å². The number of rotatable bonds is 0. The van der Waals surface area contributed by atoms with Crippen molar-refractivity contribution in [3.05, 3.63) is 24.4 Å². The first kappa shape index (κ1) is 7.33. The molecule has 0 saturated heterocycles. The van der Waals surface area contributed by atoms with E-state index in [2.05, 4.69) is 15.8 Å². The zero-order valence-corrected chi connectivity index (χ0v) is 5.61. The van der Waals surface area contributed by atoms with Gasteiger partial charge in [-0.25, -0.2) is 4.79 Å². The fourth-order valence-electron chi connectivity index (χ4n) is 0.569. The van der Waals surface area contributed by atoms with Crippen LogP contribution in [0.25, 0.3) is 0 Å². The fraction of sp³-hybridized carbons (Fsp3) is 0. The van der Waals surface area contributed by atoms with Crippen LogP contribution in [0.15, 0.2) is 29.5 Å². The van der Waals surface area contributed by atoms with Crippen molar-refractivity contribution < 1.29 is 9.90 Å². The highest BCUT2D eigenvalue weighted by atomic mass is 16.4. The van der Waals surface area contributed by atoms with Gasteiger partial charge in [-0.2, -0.15) is 5.10 Å². The van der Waals surface area contributed by atoms with Gasteiger partial charge >= 0.3 is 6.09 Å². The summed E-state index contributed by atoms with van der Waals surface area (Å²) in [7, 11) is 0. The van der Waals surface area contributed by atoms with Crippen LogP contribution in [0.5, 0.6) is 0 Å². The molecule has 0 spiro atoms. The maximum Gasteiger partial charge on any atom is 0.410 e. The monoisotopic (exact) mass is 153 g/mol. The van der Waals surface area contributed by atoms with Crippen LogP contribution in [0.3, 0.4) is 0 Å². The van der Waals surface area contributed by atoms with E-state index >= 15 is 0 Å². The molecule has 1 aliphatic rings. The van der Waals surface area contributed by atoms with Crippen molar-refractivity contribution >= 4 is 11.9 Å². The lowest BCUT2D eigenvalue weighted by atomic mass is 10.4. The van der Waals surface area contributed by atoms with Crippen LogP contribution >= 0.6 is 0 Å². The van der Waals surface area contributed by atoms with Crippen LogP contribution in [0, 0.1) is 0 Å². The maximum absolute atomic E-state index is 10.1. The third-order valence-electron chi connectivity index (χ3n) is 0.956. The molecule has 0 bridgehead atoms. The van der Waals surface area contributed by atoms with Crippen molar-refractivity contribution in [3.8, 4) is 0 Å². The molecule has 0 aromatic heterocycles. The summed E-state index contributed by atoms with van der Waals surface area (Å²) in [5.74, 6) is 0.266. The molecular formula is C6H7N3O2. The van der Waals surface area contributed by atoms with Gasteiger partial charge in [0, 0.05) is 6.20 Å². The summed E-state index contributed by atoms with van der Waals surface area (Å²) >= 11 is 0. The Morgan fingerprint density at radius 2 is 2.45 bits per heavy atom. The maximum atomic E-state index is 10.1. The second kappa shape index (κ2) is 3.40. The molecule has 58 valence electrons. The molecule has 5 heteroatoms. The minimum absolute atomic E-state index is 0.266. The average molecular weight is 153 g/mol. The first-order chi connectivity index (χ1) is 5.29. The van der Waals surface area contributed by atoms with Crippen LogP contribution in [0.1, 0.15) is 0 Å². The largest absolute Gasteiger partial charge is 0.465 e. The Balaban J connectivity index is 2.58. The highest BCUT2D eigenvalue weighted by Gasteiger charge is 1.98. The lowest BCUT2D eigenvalue weighted by Crippen LogP contribution is -2.28. The molecule has 0 atom stereocenters. The van der Waals surface area contributed by atoms with Crippen molar-refractivity contribution in [1.82, 2.24) is 10.7 Å². The summed E-state index contributed by atoms with van der Waals surface area (Å²) in [6, 6.07) is 0. The number of hydrazone groups is 1. The van der Waals surface area contributed by atoms with Crippen molar-refractivity contribution in [2.45, 2.75) is 0 Å². The zero-order chi connectivity index (χ0) is 8.10. The van der Waals surface area contributed by atoms with Gasteiger partial charge < -0.3 is 5.11 Å². The van der Waals surface area contributed by atoms with Gasteiger partial charge in [-0.05, 0) is 12.2 Å². The Morgan fingerprint density at radius 1 is 1.64 bits per heavy atom. The summed E-state index contributed by atoms with van der Waals surface area (Å²) < 4.78 is 0. The van der Waals surface area contributed by atoms with Gasteiger partial charge in [-0.3, -0.25) is 10.7 Å². The third-order valence-corrected chi connectivity index (χ3v) is 0.956. The van der Waals surface area contributed by atoms with Gasteiger partial charge in [0.25, 0.3) is 0 Å². The first-order valence-electron chi connectivity index (χ1n) is 2.95. The Bertz CT molecular complexity index is 242. The normalized spacial score (nSPS) is 14.7. The number of amidine groups is 1. The van der Waals surface area contributed by atoms with Crippen LogP contribution in [-0.4, -0.2) is 17.0 Å². The molecule has 1 heterocycles. The summed E-state index contributed by atoms with van der Waals surface area (Å²) in [6.45, 7) is 0. The van der Waals surface area contributed by atoms with E-state index in [1.54, 1.807) is 24.4 Å². The smallest absolute Gasteiger partial charge is 0.410 e. The predicted octanol–water partition coefficient (Wildman–Crippen LogP) is 0.241. The van der Waals surface area contributed by atoms with E-state index in [4.69, 9.17) is 5.11 Å². The highest BCUT2D eigenvalue weighted by molar-refractivity contribution is 6.01. The average Bonchev–Trinajstić information content (AvgIpc) is 2.14. The van der Waals surface area contributed by atoms with E-state index in [1.165, 1.54) is 0 Å². The van der Waals surface area contributed by atoms with Crippen molar-refractivity contribution in [1.29, 1.82) is 0 Å². The molecule has 0 fully saturated rings. The number of nitrogens with zero attached hydrogens (tertiary/aromatic N) is 1. The predicted molar refractivity (Wildman–Crippen MR) is 40.0 cm³/mol. The van der Waals surface area contributed by atoms with Gasteiger partial charge in [-0.1, -0.05) is 6.08 Å². The summed E-state index contributed by atoms with van der Waals surface area (Å²) in [5.41, 5.74) is 2.52. The molecule has 0 unspecified atom stereocenters. The van der Waals surface area contributed by atoms with E-state index < -0.39 is 6.09 Å². The molecule has 3 N–H and O–H groups in total. The summed E-state index contributed by atoms with van der Waals surface area (Å²) in [5, 5.41) is 14.0. The number of allylic oxidation sites excluding steroid dienone is 2. The van der Waals surface area contributed by atoms with Crippen LogP contribution in [-0.2, 0) is 0 Å². The van der Waals surface area contributed by atoms with Crippen molar-refractivity contribution in [2.75, 3.05) is 0 Å². The van der Waals surface area contributed by atoms with Gasteiger partial charge in [-0.15, -0.1) is 0 Å². The van der Waals surface area contributed by atoms with Crippen LogP contribution in [0.4, 0.5) is 4.79 Å². The van der Waals surface area contributed by atoms with E-state index in [-0.39, 0.29) is 5.84 Å². The molecule has 0 radical (unpaired) electrons. The molecule has 11 heavy (non-hydrogen) atoms. The number of amides is 1. The number of hydrogen-bond acceptors (Lipinski definition) is 3. The molecule has 5 nitrogen and oxygen atoms in total. The van der Waals surface area contributed by atoms with Gasteiger partial charge in [0.2, 0.25) is 0 Å². The molecule has 0 saturated carbocycles. The lowest BCUT2D eigenvalue weighted by Gasteiger charge is -1.97. The molecule has 1 rings (SSSR count). The van der Waals surface area contributed by atoms with E-state index in [0.717, 1.165) is 0 Å². The first-order valence-corrected chi connectivity index (χ1v) is 2.95. The standard InChI is InChI=1S/C6H7N3O2/c10-6(11)8-5-3-1-2-4-7-9-5/h1-4,7H,(H,8,9)(H,10,11). The van der Waals surface area contributed by atoms with Crippen molar-refractivity contribution in [2.24, 2.45) is 5.10 Å². The number of nitrogens with one attached hydrogen (secondary N) is 2. The molecule has 0 aromatic carbocycles. The Hall–Kier alpha value is -1.78. The second-order valence-electron chi connectivity index (χ2n) is 1.77. The number of carboxylic acid groups (broad SMARTS) is 1. The Labute approximate surface area is 63.1 Å². The third kappa shape index (κ3) is 2.53. The molecule has 1 amide bonds. The second-order valence-corrected chi connectivity index (χ2v) is 1.77. The SMILES string of the molecule is O=C(O)NC1=NNC=CC=C1. The van der Waals surface area contributed by atoms with E-state index in [9.17, 15) is 4.79 Å². The van der Waals surface area contributed by atoms with Gasteiger partial charge in [0.1, 0.15) is 0 Å². The summed E-state index contributed by atoms with van der Waals surface area (Å²) in [6.07, 6.45) is 5.39. The van der Waals surface area contributed by atoms with Crippen LogP contribution in [0.2, 0.25) is 0 Å². The molecular weight excluding hydrogens is 146 g/mol. The molecule has 1 aliphatic heterocycles. The minimum Gasteiger partial charge on any atom is -0.465 e. The fourth-order valence-corrected chi connectivity index (χ4v) is 0.569. The Morgan fingerprint density at radius 3 is 3.18 bits per heavy atom. The van der Waals surface area contributed by atoms with E-state index in [0.29, 0.717) is 0 Å². The zero-order valence-electron chi connectivity index (χ0n) is 5.61. The number of hydrogen-bond donors (Lipinski definition) is 3. The lowest BCUT2D eigenvalue weighted by molar-refractivity contribution is 0.200.